The van der Waals surface area contributed by atoms with E-state index in [-0.39, 0.29) is 17.9 Å². The molecule has 0 aliphatic heterocycles. The van der Waals surface area contributed by atoms with Crippen LogP contribution in [-0.2, 0) is 9.53 Å². The van der Waals surface area contributed by atoms with Gasteiger partial charge in [0, 0.05) is 26.3 Å². The Morgan fingerprint density at radius 3 is 2.80 bits per heavy atom. The lowest BCUT2D eigenvalue weighted by Gasteiger charge is -2.09. The number of carbonyl (C=O) groups is 2. The zero-order valence-electron chi connectivity index (χ0n) is 11.0. The van der Waals surface area contributed by atoms with Crippen molar-refractivity contribution in [2.45, 2.75) is 6.42 Å². The highest BCUT2D eigenvalue weighted by Gasteiger charge is 2.13. The van der Waals surface area contributed by atoms with E-state index in [0.717, 1.165) is 18.2 Å². The van der Waals surface area contributed by atoms with Crippen LogP contribution in [0.3, 0.4) is 0 Å². The molecule has 1 aromatic carbocycles. The van der Waals surface area contributed by atoms with Crippen LogP contribution >= 0.6 is 0 Å². The van der Waals surface area contributed by atoms with Gasteiger partial charge in [0.05, 0.1) is 0 Å². The Bertz CT molecular complexity index is 478. The fourth-order valence-electron chi connectivity index (χ4n) is 1.43. The van der Waals surface area contributed by atoms with Gasteiger partial charge >= 0.3 is 5.97 Å². The van der Waals surface area contributed by atoms with E-state index < -0.39 is 17.7 Å². The number of aromatic carboxylic acids is 1. The maximum atomic E-state index is 13.0. The third kappa shape index (κ3) is 5.23. The summed E-state index contributed by atoms with van der Waals surface area (Å²) in [7, 11) is 1.56. The van der Waals surface area contributed by atoms with Crippen LogP contribution in [0, 0.1) is 5.82 Å². The van der Waals surface area contributed by atoms with Crippen LogP contribution in [0.2, 0.25) is 0 Å². The highest BCUT2D eigenvalue weighted by atomic mass is 19.1. The first kappa shape index (κ1) is 15.9. The molecule has 0 fully saturated rings. The number of benzene rings is 1. The van der Waals surface area contributed by atoms with Crippen molar-refractivity contribution >= 4 is 11.9 Å². The van der Waals surface area contributed by atoms with Crippen molar-refractivity contribution in [3.8, 4) is 5.75 Å². The highest BCUT2D eigenvalue weighted by Crippen LogP contribution is 2.19. The van der Waals surface area contributed by atoms with Crippen LogP contribution in [0.5, 0.6) is 5.75 Å². The van der Waals surface area contributed by atoms with Gasteiger partial charge in [-0.25, -0.2) is 9.18 Å². The number of carbonyl (C=O) groups excluding carboxylic acids is 1. The van der Waals surface area contributed by atoms with E-state index in [1.54, 1.807) is 7.11 Å². The lowest BCUT2D eigenvalue weighted by molar-refractivity contribution is -0.123. The molecule has 1 amide bonds. The molecule has 110 valence electrons. The van der Waals surface area contributed by atoms with E-state index in [9.17, 15) is 14.0 Å². The van der Waals surface area contributed by atoms with Gasteiger partial charge in [0.1, 0.15) is 17.1 Å². The maximum absolute atomic E-state index is 13.0. The number of halogens is 1. The minimum atomic E-state index is -1.25. The standard InChI is InChI=1S/C13H16FNO5/c1-19-6-2-5-15-12(16)8-20-11-7-9(14)3-4-10(11)13(17)18/h3-4,7H,2,5-6,8H2,1H3,(H,15,16)(H,17,18). The van der Waals surface area contributed by atoms with Crippen molar-refractivity contribution in [1.29, 1.82) is 0 Å². The molecule has 0 heterocycles. The molecule has 0 radical (unpaired) electrons. The number of amides is 1. The Labute approximate surface area is 115 Å². The van der Waals surface area contributed by atoms with Crippen LogP contribution in [-0.4, -0.2) is 43.9 Å². The number of hydrogen-bond acceptors (Lipinski definition) is 4. The summed E-state index contributed by atoms with van der Waals surface area (Å²) in [5, 5.41) is 11.5. The molecule has 0 spiro atoms. The largest absolute Gasteiger partial charge is 0.483 e. The molecular weight excluding hydrogens is 269 g/mol. The monoisotopic (exact) mass is 285 g/mol. The Hall–Kier alpha value is -2.15. The average molecular weight is 285 g/mol. The first-order valence-electron chi connectivity index (χ1n) is 5.96. The molecule has 2 N–H and O–H groups in total. The number of rotatable bonds is 8. The summed E-state index contributed by atoms with van der Waals surface area (Å²) >= 11 is 0. The summed E-state index contributed by atoms with van der Waals surface area (Å²) in [6.07, 6.45) is 0.655. The van der Waals surface area contributed by atoms with E-state index in [1.807, 2.05) is 0 Å². The van der Waals surface area contributed by atoms with Crippen molar-refractivity contribution in [3.63, 3.8) is 0 Å². The normalized spacial score (nSPS) is 10.1. The zero-order valence-corrected chi connectivity index (χ0v) is 11.0. The van der Waals surface area contributed by atoms with Crippen molar-refractivity contribution in [3.05, 3.63) is 29.6 Å². The van der Waals surface area contributed by atoms with E-state index in [2.05, 4.69) is 5.32 Å². The minimum Gasteiger partial charge on any atom is -0.483 e. The predicted octanol–water partition coefficient (Wildman–Crippen LogP) is 1.06. The van der Waals surface area contributed by atoms with E-state index in [4.69, 9.17) is 14.6 Å². The second-order valence-corrected chi connectivity index (χ2v) is 3.93. The summed E-state index contributed by atoms with van der Waals surface area (Å²) in [4.78, 5) is 22.3. The molecular formula is C13H16FNO5. The maximum Gasteiger partial charge on any atom is 0.339 e. The lowest BCUT2D eigenvalue weighted by atomic mass is 10.2. The van der Waals surface area contributed by atoms with Gasteiger partial charge in [-0.2, -0.15) is 0 Å². The Balaban J connectivity index is 2.50. The van der Waals surface area contributed by atoms with E-state index in [0.29, 0.717) is 19.6 Å². The molecule has 20 heavy (non-hydrogen) atoms. The topological polar surface area (TPSA) is 84.9 Å². The minimum absolute atomic E-state index is 0.176. The number of carboxylic acids is 1. The SMILES string of the molecule is COCCCNC(=O)COc1cc(F)ccc1C(=O)O. The van der Waals surface area contributed by atoms with Gasteiger partial charge < -0.3 is 19.9 Å². The van der Waals surface area contributed by atoms with Crippen molar-refractivity contribution in [2.75, 3.05) is 26.9 Å². The molecule has 0 aliphatic rings. The van der Waals surface area contributed by atoms with Crippen LogP contribution in [0.4, 0.5) is 4.39 Å². The summed E-state index contributed by atoms with van der Waals surface area (Å²) in [6, 6.07) is 3.03. The molecule has 0 saturated carbocycles. The van der Waals surface area contributed by atoms with E-state index >= 15 is 0 Å². The van der Waals surface area contributed by atoms with Crippen LogP contribution in [0.25, 0.3) is 0 Å². The first-order chi connectivity index (χ1) is 9.54. The zero-order chi connectivity index (χ0) is 15.0. The molecule has 6 nitrogen and oxygen atoms in total. The number of hydrogen-bond donors (Lipinski definition) is 2. The average Bonchev–Trinajstić information content (AvgIpc) is 2.41. The van der Waals surface area contributed by atoms with Gasteiger partial charge in [0.2, 0.25) is 0 Å². The van der Waals surface area contributed by atoms with Crippen LogP contribution in [0.15, 0.2) is 18.2 Å². The van der Waals surface area contributed by atoms with Gasteiger partial charge in [0.25, 0.3) is 5.91 Å². The summed E-state index contributed by atoms with van der Waals surface area (Å²) in [5.41, 5.74) is -0.196. The summed E-state index contributed by atoms with van der Waals surface area (Å²) in [5.74, 6) is -2.47. The highest BCUT2D eigenvalue weighted by molar-refractivity contribution is 5.91. The number of ether oxygens (including phenoxy) is 2. The number of nitrogens with one attached hydrogen (secondary N) is 1. The Morgan fingerprint density at radius 1 is 1.40 bits per heavy atom. The van der Waals surface area contributed by atoms with Crippen molar-refractivity contribution < 1.29 is 28.6 Å². The molecule has 0 aromatic heterocycles. The molecule has 1 aromatic rings. The number of methoxy groups -OCH3 is 1. The third-order valence-electron chi connectivity index (χ3n) is 2.38. The molecule has 0 atom stereocenters. The lowest BCUT2D eigenvalue weighted by Crippen LogP contribution is -2.30. The van der Waals surface area contributed by atoms with Crippen molar-refractivity contribution in [1.82, 2.24) is 5.32 Å². The molecule has 7 heteroatoms. The van der Waals surface area contributed by atoms with Gasteiger partial charge in [-0.1, -0.05) is 0 Å². The van der Waals surface area contributed by atoms with Crippen molar-refractivity contribution in [2.24, 2.45) is 0 Å². The second kappa shape index (κ2) is 8.11. The fraction of sp³-hybridized carbons (Fsp3) is 0.385. The number of carboxylic acid groups (broad SMARTS) is 1. The smallest absolute Gasteiger partial charge is 0.339 e. The predicted molar refractivity (Wildman–Crippen MR) is 68.4 cm³/mol. The van der Waals surface area contributed by atoms with Crippen LogP contribution < -0.4 is 10.1 Å². The fourth-order valence-corrected chi connectivity index (χ4v) is 1.43. The van der Waals surface area contributed by atoms with Gasteiger partial charge in [0.15, 0.2) is 6.61 Å². The van der Waals surface area contributed by atoms with Gasteiger partial charge in [-0.3, -0.25) is 4.79 Å². The second-order valence-electron chi connectivity index (χ2n) is 3.93. The molecule has 0 saturated heterocycles. The molecule has 0 bridgehead atoms. The van der Waals surface area contributed by atoms with E-state index in [1.165, 1.54) is 0 Å². The molecule has 0 unspecified atom stereocenters. The summed E-state index contributed by atoms with van der Waals surface area (Å²) in [6.45, 7) is 0.565. The first-order valence-corrected chi connectivity index (χ1v) is 5.96. The third-order valence-corrected chi connectivity index (χ3v) is 2.38. The molecule has 0 aliphatic carbocycles. The Kier molecular flexibility index (Phi) is 6.45. The quantitative estimate of drug-likeness (QED) is 0.697. The summed E-state index contributed by atoms with van der Waals surface area (Å²) < 4.78 is 22.9. The van der Waals surface area contributed by atoms with Gasteiger partial charge in [-0.05, 0) is 18.6 Å². The van der Waals surface area contributed by atoms with Gasteiger partial charge in [-0.15, -0.1) is 0 Å². The molecule has 1 rings (SSSR count). The Morgan fingerprint density at radius 2 is 2.15 bits per heavy atom. The van der Waals surface area contributed by atoms with Crippen LogP contribution in [0.1, 0.15) is 16.8 Å².